The molecule has 110 valence electrons. The Bertz CT molecular complexity index is 543. The lowest BCUT2D eigenvalue weighted by molar-refractivity contribution is 0.138. The van der Waals surface area contributed by atoms with Crippen molar-refractivity contribution in [2.75, 3.05) is 0 Å². The van der Waals surface area contributed by atoms with E-state index in [0.717, 1.165) is 12.2 Å². The van der Waals surface area contributed by atoms with E-state index in [1.54, 1.807) is 0 Å². The lowest BCUT2D eigenvalue weighted by Crippen LogP contribution is -2.24. The molecule has 2 aliphatic rings. The van der Waals surface area contributed by atoms with E-state index in [0.29, 0.717) is 16.7 Å². The van der Waals surface area contributed by atoms with Crippen molar-refractivity contribution < 1.29 is 4.74 Å². The maximum atomic E-state index is 6.80. The van der Waals surface area contributed by atoms with Gasteiger partial charge < -0.3 is 4.74 Å². The summed E-state index contributed by atoms with van der Waals surface area (Å²) in [4.78, 5) is 0. The molecule has 3 rings (SSSR count). The average molecular weight is 293 g/mol. The summed E-state index contributed by atoms with van der Waals surface area (Å²) < 4.78 is 5.94. The molecule has 1 heterocycles. The fourth-order valence-corrected chi connectivity index (χ4v) is 4.74. The summed E-state index contributed by atoms with van der Waals surface area (Å²) in [6, 6.07) is 6.49. The van der Waals surface area contributed by atoms with Gasteiger partial charge in [0.25, 0.3) is 0 Å². The molecule has 20 heavy (non-hydrogen) atoms. The first-order chi connectivity index (χ1) is 9.06. The average Bonchev–Trinajstić information content (AvgIpc) is 2.59. The predicted molar refractivity (Wildman–Crippen MR) is 84.5 cm³/mol. The smallest absolute Gasteiger partial charge is 0.123 e. The molecule has 2 heteroatoms. The molecule has 0 bridgehead atoms. The third-order valence-corrected chi connectivity index (χ3v) is 6.33. The summed E-state index contributed by atoms with van der Waals surface area (Å²) >= 11 is 6.80. The van der Waals surface area contributed by atoms with Gasteiger partial charge in [0, 0.05) is 6.42 Å². The molecule has 1 saturated carbocycles. The highest BCUT2D eigenvalue weighted by Crippen LogP contribution is 2.73. The van der Waals surface area contributed by atoms with Crippen molar-refractivity contribution in [3.05, 3.63) is 29.3 Å². The minimum atomic E-state index is -0.0825. The van der Waals surface area contributed by atoms with E-state index in [1.165, 1.54) is 11.1 Å². The molecule has 0 amide bonds. The Kier molecular flexibility index (Phi) is 2.81. The Hall–Kier alpha value is -0.690. The maximum Gasteiger partial charge on any atom is 0.123 e. The van der Waals surface area contributed by atoms with Crippen LogP contribution in [0.3, 0.4) is 0 Å². The van der Waals surface area contributed by atoms with Crippen molar-refractivity contribution in [3.63, 3.8) is 0 Å². The molecule has 0 aromatic heterocycles. The van der Waals surface area contributed by atoms with Crippen molar-refractivity contribution in [1.29, 1.82) is 0 Å². The molecule has 1 aromatic carbocycles. The zero-order chi connectivity index (χ0) is 14.9. The van der Waals surface area contributed by atoms with Crippen molar-refractivity contribution in [1.82, 2.24) is 0 Å². The van der Waals surface area contributed by atoms with Gasteiger partial charge in [-0.3, -0.25) is 0 Å². The molecule has 1 aliphatic heterocycles. The van der Waals surface area contributed by atoms with Crippen molar-refractivity contribution >= 4 is 11.6 Å². The van der Waals surface area contributed by atoms with Crippen LogP contribution in [0.5, 0.6) is 5.75 Å². The number of benzene rings is 1. The second kappa shape index (κ2) is 3.94. The summed E-state index contributed by atoms with van der Waals surface area (Å²) in [5.41, 5.74) is 3.09. The largest absolute Gasteiger partial charge is 0.487 e. The van der Waals surface area contributed by atoms with E-state index in [2.05, 4.69) is 59.7 Å². The Morgan fingerprint density at radius 2 is 1.70 bits per heavy atom. The molecule has 1 aliphatic carbocycles. The van der Waals surface area contributed by atoms with Crippen LogP contribution in [-0.2, 0) is 6.42 Å². The van der Waals surface area contributed by atoms with Gasteiger partial charge in [0.05, 0.1) is 5.38 Å². The summed E-state index contributed by atoms with van der Waals surface area (Å²) in [6.45, 7) is 13.6. The van der Waals surface area contributed by atoms with Gasteiger partial charge >= 0.3 is 0 Å². The second-order valence-electron chi connectivity index (χ2n) is 8.23. The quantitative estimate of drug-likeness (QED) is 0.667. The van der Waals surface area contributed by atoms with Crippen LogP contribution >= 0.6 is 11.6 Å². The van der Waals surface area contributed by atoms with Gasteiger partial charge in [0.1, 0.15) is 11.4 Å². The molecular weight excluding hydrogens is 268 g/mol. The van der Waals surface area contributed by atoms with Gasteiger partial charge in [-0.1, -0.05) is 39.8 Å². The predicted octanol–water partition coefficient (Wildman–Crippen LogP) is 5.36. The van der Waals surface area contributed by atoms with Crippen LogP contribution in [0.25, 0.3) is 0 Å². The lowest BCUT2D eigenvalue weighted by atomic mass is 9.96. The Balaban J connectivity index is 1.87. The second-order valence-corrected chi connectivity index (χ2v) is 8.70. The Labute approximate surface area is 127 Å². The van der Waals surface area contributed by atoms with Gasteiger partial charge in [-0.15, -0.1) is 11.6 Å². The van der Waals surface area contributed by atoms with E-state index in [1.807, 2.05) is 0 Å². The molecule has 1 nitrogen and oxygen atoms in total. The molecule has 0 saturated heterocycles. The van der Waals surface area contributed by atoms with Crippen molar-refractivity contribution in [3.8, 4) is 5.75 Å². The molecule has 0 spiro atoms. The summed E-state index contributed by atoms with van der Waals surface area (Å²) in [5.74, 6) is 1.56. The number of alkyl halides is 1. The molecule has 1 fully saturated rings. The summed E-state index contributed by atoms with van der Waals surface area (Å²) in [6.07, 6.45) is 0.969. The van der Waals surface area contributed by atoms with Crippen LogP contribution in [0.2, 0.25) is 0 Å². The van der Waals surface area contributed by atoms with E-state index in [9.17, 15) is 0 Å². The van der Waals surface area contributed by atoms with E-state index in [-0.39, 0.29) is 11.0 Å². The van der Waals surface area contributed by atoms with Gasteiger partial charge in [0.2, 0.25) is 0 Å². The van der Waals surface area contributed by atoms with Gasteiger partial charge in [-0.25, -0.2) is 0 Å². The van der Waals surface area contributed by atoms with Crippen LogP contribution < -0.4 is 4.74 Å². The molecular formula is C18H25ClO. The SMILES string of the molecule is CC1(C)Cc2cc(C(Cl)C3C(C)(C)C3(C)C)ccc2O1. The molecule has 0 N–H and O–H groups in total. The first-order valence-corrected chi connectivity index (χ1v) is 7.96. The summed E-state index contributed by atoms with van der Waals surface area (Å²) in [7, 11) is 0. The molecule has 1 atom stereocenters. The third-order valence-electron chi connectivity index (χ3n) is 5.83. The number of hydrogen-bond donors (Lipinski definition) is 0. The van der Waals surface area contributed by atoms with Crippen LogP contribution in [0.15, 0.2) is 18.2 Å². The number of ether oxygens (including phenoxy) is 1. The van der Waals surface area contributed by atoms with E-state index >= 15 is 0 Å². The van der Waals surface area contributed by atoms with Crippen LogP contribution in [0.1, 0.15) is 58.0 Å². The number of rotatable bonds is 2. The van der Waals surface area contributed by atoms with Crippen LogP contribution in [-0.4, -0.2) is 5.60 Å². The topological polar surface area (TPSA) is 9.23 Å². The highest BCUT2D eigenvalue weighted by molar-refractivity contribution is 6.21. The fourth-order valence-electron chi connectivity index (χ4n) is 3.97. The van der Waals surface area contributed by atoms with Crippen molar-refractivity contribution in [2.24, 2.45) is 16.7 Å². The first-order valence-electron chi connectivity index (χ1n) is 7.52. The number of hydrogen-bond acceptors (Lipinski definition) is 1. The standard InChI is InChI=1S/C18H25ClO/c1-16(2)10-12-9-11(7-8-13(12)20-16)14(19)15-17(3,4)18(15,5)6/h7-9,14-15H,10H2,1-6H3. The van der Waals surface area contributed by atoms with E-state index < -0.39 is 0 Å². The Morgan fingerprint density at radius 1 is 1.10 bits per heavy atom. The zero-order valence-electron chi connectivity index (χ0n) is 13.4. The minimum absolute atomic E-state index is 0.0825. The highest BCUT2D eigenvalue weighted by Gasteiger charge is 2.67. The molecule has 0 radical (unpaired) electrons. The number of halogens is 1. The lowest BCUT2D eigenvalue weighted by Gasteiger charge is -2.16. The monoisotopic (exact) mass is 292 g/mol. The van der Waals surface area contributed by atoms with Gasteiger partial charge in [-0.2, -0.15) is 0 Å². The zero-order valence-corrected chi connectivity index (χ0v) is 14.1. The number of fused-ring (bicyclic) bond motifs is 1. The van der Waals surface area contributed by atoms with Crippen molar-refractivity contribution in [2.45, 2.75) is 58.9 Å². The third kappa shape index (κ3) is 1.89. The van der Waals surface area contributed by atoms with Crippen LogP contribution in [0.4, 0.5) is 0 Å². The fraction of sp³-hybridized carbons (Fsp3) is 0.667. The van der Waals surface area contributed by atoms with Gasteiger partial charge in [0.15, 0.2) is 0 Å². The highest BCUT2D eigenvalue weighted by atomic mass is 35.5. The first kappa shape index (κ1) is 14.3. The molecule has 1 unspecified atom stereocenters. The van der Waals surface area contributed by atoms with Crippen LogP contribution in [0, 0.1) is 16.7 Å². The Morgan fingerprint density at radius 3 is 2.25 bits per heavy atom. The van der Waals surface area contributed by atoms with E-state index in [4.69, 9.17) is 16.3 Å². The normalized spacial score (nSPS) is 26.8. The minimum Gasteiger partial charge on any atom is -0.487 e. The van der Waals surface area contributed by atoms with Gasteiger partial charge in [-0.05, 0) is 47.8 Å². The maximum absolute atomic E-state index is 6.80. The summed E-state index contributed by atoms with van der Waals surface area (Å²) in [5, 5.41) is 0.0917. The molecule has 1 aromatic rings.